The van der Waals surface area contributed by atoms with Crippen molar-refractivity contribution in [1.29, 1.82) is 5.26 Å². The maximum atomic E-state index is 12.2. The molecule has 2 aromatic rings. The van der Waals surface area contributed by atoms with Crippen LogP contribution in [-0.4, -0.2) is 29.7 Å². The molecule has 0 atom stereocenters. The van der Waals surface area contributed by atoms with Gasteiger partial charge in [0.25, 0.3) is 0 Å². The van der Waals surface area contributed by atoms with Gasteiger partial charge in [0.15, 0.2) is 0 Å². The van der Waals surface area contributed by atoms with Gasteiger partial charge in [0.2, 0.25) is 5.91 Å². The van der Waals surface area contributed by atoms with Crippen molar-refractivity contribution >= 4 is 23.4 Å². The van der Waals surface area contributed by atoms with Gasteiger partial charge in [-0.3, -0.25) is 4.79 Å². The lowest BCUT2D eigenvalue weighted by molar-refractivity contribution is -0.118. The van der Waals surface area contributed by atoms with Crippen LogP contribution in [0.15, 0.2) is 41.4 Å². The molecule has 0 spiro atoms. The fourth-order valence-corrected chi connectivity index (χ4v) is 4.41. The van der Waals surface area contributed by atoms with E-state index in [9.17, 15) is 10.1 Å². The number of carbonyl (C=O) groups is 1. The van der Waals surface area contributed by atoms with Crippen molar-refractivity contribution in [2.45, 2.75) is 30.3 Å². The number of nitrogens with zero attached hydrogens (tertiary/aromatic N) is 3. The average molecular weight is 364 g/mol. The summed E-state index contributed by atoms with van der Waals surface area (Å²) in [4.78, 5) is 19.3. The van der Waals surface area contributed by atoms with Crippen LogP contribution in [0.5, 0.6) is 0 Å². The molecule has 1 amide bonds. The number of amides is 1. The Morgan fingerprint density at radius 1 is 1.31 bits per heavy atom. The zero-order chi connectivity index (χ0) is 17.9. The summed E-state index contributed by atoms with van der Waals surface area (Å²) in [5.41, 5.74) is 3.85. The van der Waals surface area contributed by atoms with Crippen LogP contribution in [0.1, 0.15) is 35.6 Å². The Morgan fingerprint density at radius 2 is 2.08 bits per heavy atom. The van der Waals surface area contributed by atoms with Crippen molar-refractivity contribution in [2.75, 3.05) is 23.7 Å². The highest BCUT2D eigenvalue weighted by Crippen LogP contribution is 2.42. The van der Waals surface area contributed by atoms with Gasteiger partial charge in [0.05, 0.1) is 22.7 Å². The first kappa shape index (κ1) is 16.9. The van der Waals surface area contributed by atoms with Gasteiger partial charge >= 0.3 is 0 Å². The van der Waals surface area contributed by atoms with Gasteiger partial charge in [-0.25, -0.2) is 4.98 Å². The van der Waals surface area contributed by atoms with E-state index in [4.69, 9.17) is 4.98 Å². The molecule has 2 bridgehead atoms. The molecule has 0 aliphatic carbocycles. The minimum absolute atomic E-state index is 0.0486. The summed E-state index contributed by atoms with van der Waals surface area (Å²) in [7, 11) is 0. The van der Waals surface area contributed by atoms with Crippen LogP contribution in [-0.2, 0) is 11.3 Å². The van der Waals surface area contributed by atoms with E-state index in [1.54, 1.807) is 0 Å². The molecule has 6 heteroatoms. The zero-order valence-electron chi connectivity index (χ0n) is 14.4. The number of fused-ring (bicyclic) bond motifs is 2. The van der Waals surface area contributed by atoms with Crippen molar-refractivity contribution in [2.24, 2.45) is 0 Å². The minimum Gasteiger partial charge on any atom is -0.370 e. The first-order valence-electron chi connectivity index (χ1n) is 8.88. The molecular weight excluding hydrogens is 344 g/mol. The van der Waals surface area contributed by atoms with E-state index in [2.05, 4.69) is 16.3 Å². The highest BCUT2D eigenvalue weighted by atomic mass is 32.2. The Kier molecular flexibility index (Phi) is 4.81. The second-order valence-electron chi connectivity index (χ2n) is 6.67. The lowest BCUT2D eigenvalue weighted by Gasteiger charge is -2.41. The maximum Gasteiger partial charge on any atom is 0.230 e. The molecule has 26 heavy (non-hydrogen) atoms. The molecule has 5 rings (SSSR count). The number of hydrogen-bond acceptors (Lipinski definition) is 5. The number of piperidine rings is 1. The molecule has 132 valence electrons. The number of benzene rings is 1. The van der Waals surface area contributed by atoms with Gasteiger partial charge in [-0.05, 0) is 24.5 Å². The summed E-state index contributed by atoms with van der Waals surface area (Å²) >= 11 is 1.35. The van der Waals surface area contributed by atoms with Gasteiger partial charge in [0.1, 0.15) is 11.1 Å². The Hall–Kier alpha value is -2.52. The summed E-state index contributed by atoms with van der Waals surface area (Å²) < 4.78 is 0. The second-order valence-corrected chi connectivity index (χ2v) is 7.63. The van der Waals surface area contributed by atoms with Crippen molar-refractivity contribution in [3.05, 3.63) is 53.2 Å². The lowest BCUT2D eigenvalue weighted by Crippen LogP contribution is -2.39. The van der Waals surface area contributed by atoms with Gasteiger partial charge < -0.3 is 10.2 Å². The summed E-state index contributed by atoms with van der Waals surface area (Å²) in [6.07, 6.45) is 2.27. The van der Waals surface area contributed by atoms with Crippen LogP contribution in [0.25, 0.3) is 0 Å². The van der Waals surface area contributed by atoms with Crippen LogP contribution < -0.4 is 10.2 Å². The fourth-order valence-electron chi connectivity index (χ4n) is 3.62. The number of pyridine rings is 1. The van der Waals surface area contributed by atoms with E-state index in [1.165, 1.54) is 11.8 Å². The predicted octanol–water partition coefficient (Wildman–Crippen LogP) is 3.06. The highest BCUT2D eigenvalue weighted by Gasteiger charge is 2.33. The topological polar surface area (TPSA) is 69.0 Å². The molecule has 3 aliphatic heterocycles. The minimum atomic E-state index is -0.0486. The van der Waals surface area contributed by atoms with E-state index in [0.717, 1.165) is 42.9 Å². The van der Waals surface area contributed by atoms with Crippen LogP contribution in [0.4, 0.5) is 5.69 Å². The molecule has 1 aromatic carbocycles. The molecule has 1 fully saturated rings. The van der Waals surface area contributed by atoms with E-state index >= 15 is 0 Å². The number of carbonyl (C=O) groups excluding carboxylic acids is 1. The van der Waals surface area contributed by atoms with Crippen LogP contribution >= 0.6 is 11.8 Å². The molecule has 5 nitrogen and oxygen atoms in total. The molecule has 0 unspecified atom stereocenters. The quantitative estimate of drug-likeness (QED) is 0.826. The summed E-state index contributed by atoms with van der Waals surface area (Å²) in [5, 5.41) is 13.1. The third-order valence-corrected chi connectivity index (χ3v) is 6.00. The fraction of sp³-hybridized carbons (Fsp3) is 0.350. The van der Waals surface area contributed by atoms with Crippen molar-refractivity contribution < 1.29 is 4.79 Å². The van der Waals surface area contributed by atoms with E-state index in [1.807, 2.05) is 36.4 Å². The highest BCUT2D eigenvalue weighted by molar-refractivity contribution is 8.00. The summed E-state index contributed by atoms with van der Waals surface area (Å²) in [5.74, 6) is 0.711. The smallest absolute Gasteiger partial charge is 0.230 e. The van der Waals surface area contributed by atoms with E-state index in [0.29, 0.717) is 23.1 Å². The molecule has 3 aliphatic rings. The molecular formula is C20H20N4OS. The average Bonchev–Trinajstić information content (AvgIpc) is 2.71. The van der Waals surface area contributed by atoms with Crippen LogP contribution in [0, 0.1) is 11.3 Å². The maximum absolute atomic E-state index is 12.2. The number of hydrogen-bond donors (Lipinski definition) is 1. The molecule has 1 aromatic heterocycles. The van der Waals surface area contributed by atoms with Gasteiger partial charge in [0, 0.05) is 25.6 Å². The van der Waals surface area contributed by atoms with Crippen molar-refractivity contribution in [3.8, 4) is 6.07 Å². The Morgan fingerprint density at radius 3 is 2.81 bits per heavy atom. The third-order valence-electron chi connectivity index (χ3n) is 5.01. The second kappa shape index (κ2) is 7.38. The van der Waals surface area contributed by atoms with E-state index < -0.39 is 0 Å². The number of aromatic nitrogens is 1. The van der Waals surface area contributed by atoms with Gasteiger partial charge in [-0.2, -0.15) is 5.26 Å². The number of rotatable bonds is 5. The van der Waals surface area contributed by atoms with E-state index in [-0.39, 0.29) is 11.7 Å². The Labute approximate surface area is 157 Å². The zero-order valence-corrected chi connectivity index (χ0v) is 15.3. The van der Waals surface area contributed by atoms with Crippen LogP contribution in [0.2, 0.25) is 0 Å². The SMILES string of the molecule is N#Cc1cc2c(nc1SCC(=O)NCc1ccccc1)C1CCN2CC1. The first-order valence-corrected chi connectivity index (χ1v) is 9.86. The van der Waals surface area contributed by atoms with Gasteiger partial charge in [-0.1, -0.05) is 42.1 Å². The number of nitrogens with one attached hydrogen (secondary N) is 1. The van der Waals surface area contributed by atoms with Crippen molar-refractivity contribution in [1.82, 2.24) is 10.3 Å². The molecule has 1 saturated heterocycles. The number of anilines is 1. The summed E-state index contributed by atoms with van der Waals surface area (Å²) in [6, 6.07) is 14.0. The summed E-state index contributed by atoms with van der Waals surface area (Å²) in [6.45, 7) is 2.62. The lowest BCUT2D eigenvalue weighted by atomic mass is 9.86. The van der Waals surface area contributed by atoms with Crippen LogP contribution in [0.3, 0.4) is 0 Å². The molecule has 0 saturated carbocycles. The van der Waals surface area contributed by atoms with Gasteiger partial charge in [-0.15, -0.1) is 0 Å². The predicted molar refractivity (Wildman–Crippen MR) is 102 cm³/mol. The number of thioether (sulfide) groups is 1. The van der Waals surface area contributed by atoms with Crippen molar-refractivity contribution in [3.63, 3.8) is 0 Å². The molecule has 1 N–H and O–H groups in total. The first-order chi connectivity index (χ1) is 12.7. The normalized spacial score (nSPS) is 15.4. The monoisotopic (exact) mass is 364 g/mol. The largest absolute Gasteiger partial charge is 0.370 e. The standard InChI is InChI=1S/C20H20N4OS/c21-11-16-10-17-19(15-6-8-24(17)9-7-15)23-20(16)26-13-18(25)22-12-14-4-2-1-3-5-14/h1-5,10,15H,6-9,12-13H2,(H,22,25). The Balaban J connectivity index is 1.42. The Bertz CT molecular complexity index is 854. The third kappa shape index (κ3) is 3.40. The molecule has 4 heterocycles. The number of nitriles is 1. The molecule has 0 radical (unpaired) electrons.